The SMILES string of the molecule is O=C(Nc1sc2c(c1-c1nc3ccccc3[nH]1)CCCC2)C1CCCO1. The van der Waals surface area contributed by atoms with Crippen LogP contribution in [0.4, 0.5) is 5.00 Å². The standard InChI is InChI=1S/C20H21N3O2S/c24-19(15-9-5-11-25-15)23-20-17(12-6-1-4-10-16(12)26-20)18-21-13-7-2-3-8-14(13)22-18/h2-3,7-8,15H,1,4-6,9-11H2,(H,21,22)(H,23,24). The first-order valence-corrected chi connectivity index (χ1v) is 10.1. The highest BCUT2D eigenvalue weighted by molar-refractivity contribution is 7.17. The molecule has 6 heteroatoms. The number of carbonyl (C=O) groups is 1. The van der Waals surface area contributed by atoms with Gasteiger partial charge in [-0.1, -0.05) is 12.1 Å². The van der Waals surface area contributed by atoms with Crippen LogP contribution < -0.4 is 5.32 Å². The minimum atomic E-state index is -0.322. The second-order valence-electron chi connectivity index (χ2n) is 7.01. The van der Waals surface area contributed by atoms with E-state index in [9.17, 15) is 4.79 Å². The molecule has 1 unspecified atom stereocenters. The Labute approximate surface area is 155 Å². The van der Waals surface area contributed by atoms with Crippen molar-refractivity contribution in [3.05, 3.63) is 34.7 Å². The van der Waals surface area contributed by atoms with Gasteiger partial charge < -0.3 is 15.0 Å². The van der Waals surface area contributed by atoms with Crippen LogP contribution in [0.3, 0.4) is 0 Å². The van der Waals surface area contributed by atoms with Crippen molar-refractivity contribution >= 4 is 33.3 Å². The zero-order valence-electron chi connectivity index (χ0n) is 14.5. The van der Waals surface area contributed by atoms with Gasteiger partial charge in [0.1, 0.15) is 16.9 Å². The summed E-state index contributed by atoms with van der Waals surface area (Å²) in [6, 6.07) is 8.05. The Morgan fingerprint density at radius 1 is 1.23 bits per heavy atom. The van der Waals surface area contributed by atoms with Crippen molar-refractivity contribution in [1.29, 1.82) is 0 Å². The van der Waals surface area contributed by atoms with Crippen LogP contribution in [0.5, 0.6) is 0 Å². The van der Waals surface area contributed by atoms with Gasteiger partial charge in [-0.2, -0.15) is 0 Å². The molecule has 2 N–H and O–H groups in total. The predicted octanol–water partition coefficient (Wildman–Crippen LogP) is 4.29. The number of aromatic nitrogens is 2. The molecular weight excluding hydrogens is 346 g/mol. The number of ether oxygens (including phenoxy) is 1. The summed E-state index contributed by atoms with van der Waals surface area (Å²) in [5.74, 6) is 0.826. The predicted molar refractivity (Wildman–Crippen MR) is 104 cm³/mol. The Kier molecular flexibility index (Phi) is 4.02. The Morgan fingerprint density at radius 3 is 2.96 bits per heavy atom. The molecule has 0 spiro atoms. The molecule has 3 aromatic rings. The van der Waals surface area contributed by atoms with E-state index in [4.69, 9.17) is 9.72 Å². The number of rotatable bonds is 3. The lowest BCUT2D eigenvalue weighted by molar-refractivity contribution is -0.124. The summed E-state index contributed by atoms with van der Waals surface area (Å²) in [5.41, 5.74) is 4.40. The Hall–Kier alpha value is -2.18. The van der Waals surface area contributed by atoms with E-state index in [1.807, 2.05) is 24.3 Å². The third-order valence-electron chi connectivity index (χ3n) is 5.26. The average molecular weight is 367 g/mol. The number of aromatic amines is 1. The van der Waals surface area contributed by atoms with Crippen LogP contribution >= 0.6 is 11.3 Å². The van der Waals surface area contributed by atoms with Crippen molar-refractivity contribution in [2.45, 2.75) is 44.6 Å². The molecule has 1 fully saturated rings. The van der Waals surface area contributed by atoms with Gasteiger partial charge in [0.2, 0.25) is 0 Å². The number of hydrogen-bond donors (Lipinski definition) is 2. The van der Waals surface area contributed by atoms with Gasteiger partial charge in [0.05, 0.1) is 16.6 Å². The van der Waals surface area contributed by atoms with Gasteiger partial charge in [0.25, 0.3) is 5.91 Å². The van der Waals surface area contributed by atoms with E-state index in [1.54, 1.807) is 11.3 Å². The first-order valence-electron chi connectivity index (χ1n) is 9.32. The number of hydrogen-bond acceptors (Lipinski definition) is 4. The molecule has 1 amide bonds. The molecule has 5 nitrogen and oxygen atoms in total. The molecule has 3 heterocycles. The molecule has 1 aliphatic carbocycles. The zero-order valence-corrected chi connectivity index (χ0v) is 15.3. The Balaban J connectivity index is 1.58. The van der Waals surface area contributed by atoms with Crippen LogP contribution in [-0.2, 0) is 22.4 Å². The number of amides is 1. The highest BCUT2D eigenvalue weighted by atomic mass is 32.1. The minimum Gasteiger partial charge on any atom is -0.368 e. The highest BCUT2D eigenvalue weighted by Crippen LogP contribution is 2.43. The third kappa shape index (κ3) is 2.73. The number of para-hydroxylation sites is 2. The second kappa shape index (κ2) is 6.52. The number of carbonyl (C=O) groups excluding carboxylic acids is 1. The summed E-state index contributed by atoms with van der Waals surface area (Å²) in [6.07, 6.45) is 5.98. The molecular formula is C20H21N3O2S. The summed E-state index contributed by atoms with van der Waals surface area (Å²) in [4.78, 5) is 22.2. The molecule has 26 heavy (non-hydrogen) atoms. The number of nitrogens with zero attached hydrogens (tertiary/aromatic N) is 1. The minimum absolute atomic E-state index is 0.0292. The molecule has 134 valence electrons. The van der Waals surface area contributed by atoms with Crippen LogP contribution in [0, 0.1) is 0 Å². The van der Waals surface area contributed by atoms with Crippen LogP contribution in [0.15, 0.2) is 24.3 Å². The lowest BCUT2D eigenvalue weighted by Crippen LogP contribution is -2.26. The van der Waals surface area contributed by atoms with Gasteiger partial charge in [-0.25, -0.2) is 4.98 Å². The molecule has 1 aromatic carbocycles. The quantitative estimate of drug-likeness (QED) is 0.726. The van der Waals surface area contributed by atoms with Gasteiger partial charge in [0, 0.05) is 11.5 Å². The number of thiophene rings is 1. The van der Waals surface area contributed by atoms with E-state index < -0.39 is 0 Å². The van der Waals surface area contributed by atoms with Crippen molar-refractivity contribution < 1.29 is 9.53 Å². The fraction of sp³-hybridized carbons (Fsp3) is 0.400. The molecule has 2 aliphatic rings. The van der Waals surface area contributed by atoms with Gasteiger partial charge >= 0.3 is 0 Å². The van der Waals surface area contributed by atoms with E-state index in [1.165, 1.54) is 23.3 Å². The first kappa shape index (κ1) is 16.0. The van der Waals surface area contributed by atoms with Crippen molar-refractivity contribution in [3.8, 4) is 11.4 Å². The summed E-state index contributed by atoms with van der Waals surface area (Å²) in [5, 5.41) is 4.06. The van der Waals surface area contributed by atoms with Gasteiger partial charge in [-0.15, -0.1) is 11.3 Å². The average Bonchev–Trinajstić information content (AvgIpc) is 3.38. The maximum absolute atomic E-state index is 12.6. The number of anilines is 1. The fourth-order valence-electron chi connectivity index (χ4n) is 3.95. The maximum atomic E-state index is 12.6. The Morgan fingerprint density at radius 2 is 2.12 bits per heavy atom. The van der Waals surface area contributed by atoms with Crippen molar-refractivity contribution in [3.63, 3.8) is 0 Å². The third-order valence-corrected chi connectivity index (χ3v) is 6.46. The van der Waals surface area contributed by atoms with E-state index in [0.717, 1.165) is 53.1 Å². The van der Waals surface area contributed by atoms with Crippen LogP contribution in [-0.4, -0.2) is 28.6 Å². The van der Waals surface area contributed by atoms with Crippen molar-refractivity contribution in [2.24, 2.45) is 0 Å². The summed E-state index contributed by atoms with van der Waals surface area (Å²) in [7, 11) is 0. The number of H-pyrrole nitrogens is 1. The van der Waals surface area contributed by atoms with E-state index in [-0.39, 0.29) is 12.0 Å². The molecule has 5 rings (SSSR count). The number of benzene rings is 1. The van der Waals surface area contributed by atoms with E-state index in [0.29, 0.717) is 6.61 Å². The molecule has 1 saturated heterocycles. The van der Waals surface area contributed by atoms with Gasteiger partial charge in [-0.05, 0) is 56.2 Å². The number of nitrogens with one attached hydrogen (secondary N) is 2. The maximum Gasteiger partial charge on any atom is 0.254 e. The number of imidazole rings is 1. The van der Waals surface area contributed by atoms with E-state index >= 15 is 0 Å². The number of fused-ring (bicyclic) bond motifs is 2. The molecule has 0 bridgehead atoms. The summed E-state index contributed by atoms with van der Waals surface area (Å²) < 4.78 is 5.55. The molecule has 1 atom stereocenters. The van der Waals surface area contributed by atoms with Gasteiger partial charge in [0.15, 0.2) is 0 Å². The fourth-order valence-corrected chi connectivity index (χ4v) is 5.25. The zero-order chi connectivity index (χ0) is 17.5. The first-order chi connectivity index (χ1) is 12.8. The van der Waals surface area contributed by atoms with Crippen LogP contribution in [0.2, 0.25) is 0 Å². The monoisotopic (exact) mass is 367 g/mol. The van der Waals surface area contributed by atoms with Crippen LogP contribution in [0.1, 0.15) is 36.1 Å². The molecule has 2 aromatic heterocycles. The number of aryl methyl sites for hydroxylation is 1. The lowest BCUT2D eigenvalue weighted by atomic mass is 9.95. The summed E-state index contributed by atoms with van der Waals surface area (Å²) in [6.45, 7) is 0.676. The van der Waals surface area contributed by atoms with Gasteiger partial charge in [-0.3, -0.25) is 4.79 Å². The smallest absolute Gasteiger partial charge is 0.254 e. The molecule has 1 aliphatic heterocycles. The second-order valence-corrected chi connectivity index (χ2v) is 8.11. The van der Waals surface area contributed by atoms with E-state index in [2.05, 4.69) is 10.3 Å². The highest BCUT2D eigenvalue weighted by Gasteiger charge is 2.28. The molecule has 0 radical (unpaired) electrons. The lowest BCUT2D eigenvalue weighted by Gasteiger charge is -2.12. The topological polar surface area (TPSA) is 67.0 Å². The normalized spacial score (nSPS) is 19.6. The Bertz CT molecular complexity index is 936. The van der Waals surface area contributed by atoms with Crippen LogP contribution in [0.25, 0.3) is 22.4 Å². The van der Waals surface area contributed by atoms with Crippen molar-refractivity contribution in [1.82, 2.24) is 9.97 Å². The van der Waals surface area contributed by atoms with Crippen molar-refractivity contribution in [2.75, 3.05) is 11.9 Å². The largest absolute Gasteiger partial charge is 0.368 e. The molecule has 0 saturated carbocycles. The summed E-state index contributed by atoms with van der Waals surface area (Å²) >= 11 is 1.71.